The van der Waals surface area contributed by atoms with E-state index in [2.05, 4.69) is 26.3 Å². The quantitative estimate of drug-likeness (QED) is 0.174. The summed E-state index contributed by atoms with van der Waals surface area (Å²) in [6, 6.07) is 1.91. The highest BCUT2D eigenvalue weighted by Gasteiger charge is 2.24. The van der Waals surface area contributed by atoms with E-state index in [1.165, 1.54) is 41.0 Å². The Balaban J connectivity index is 2.11. The third-order valence-electron chi connectivity index (χ3n) is 6.63. The number of nitrogens with zero attached hydrogens (tertiary/aromatic N) is 3. The van der Waals surface area contributed by atoms with E-state index in [0.717, 1.165) is 12.8 Å². The molecule has 0 spiro atoms. The van der Waals surface area contributed by atoms with Gasteiger partial charge in [0.2, 0.25) is 17.6 Å². The number of amides is 4. The molecule has 40 heavy (non-hydrogen) atoms. The van der Waals surface area contributed by atoms with Gasteiger partial charge in [-0.1, -0.05) is 33.1 Å². The van der Waals surface area contributed by atoms with E-state index >= 15 is 0 Å². The molecular weight excluding hydrogens is 518 g/mol. The molecule has 0 aliphatic carbocycles. The fourth-order valence-corrected chi connectivity index (χ4v) is 3.99. The maximum absolute atomic E-state index is 13.2. The zero-order valence-corrected chi connectivity index (χ0v) is 23.5. The molecule has 2 heterocycles. The standard InChI is InChI=1S/C27H39N7O6/c1-5-18(6-2)14-30-23(36)16-34-13-9-11-20(27(34)40)32-24(37)19(10-7-8-12-22(35)26(39)28-3)31-25(38)21-15-29-17-33(21)4/h9,11,13,15,17-19H,5-8,10,12,14,16H2,1-4H3,(H,28,39)(H,30,36)(H,31,38)(H,32,37)/t19-/m0/s1. The van der Waals surface area contributed by atoms with E-state index in [9.17, 15) is 28.8 Å². The predicted molar refractivity (Wildman–Crippen MR) is 148 cm³/mol. The molecule has 0 saturated carbocycles. The number of imidazole rings is 1. The Labute approximate surface area is 233 Å². The molecule has 218 valence electrons. The molecule has 0 unspecified atom stereocenters. The van der Waals surface area contributed by atoms with Crippen molar-refractivity contribution in [3.05, 3.63) is 46.9 Å². The minimum atomic E-state index is -1.05. The zero-order valence-electron chi connectivity index (χ0n) is 23.5. The Hall–Kier alpha value is -4.29. The van der Waals surface area contributed by atoms with Crippen molar-refractivity contribution < 1.29 is 24.0 Å². The topological polar surface area (TPSA) is 173 Å². The van der Waals surface area contributed by atoms with Crippen LogP contribution in [-0.2, 0) is 32.8 Å². The molecule has 1 atom stereocenters. The number of anilines is 1. The minimum Gasteiger partial charge on any atom is -0.354 e. The first-order valence-electron chi connectivity index (χ1n) is 13.4. The van der Waals surface area contributed by atoms with Crippen LogP contribution in [0.15, 0.2) is 35.6 Å². The Morgan fingerprint density at radius 1 is 1.07 bits per heavy atom. The van der Waals surface area contributed by atoms with Crippen molar-refractivity contribution in [2.45, 2.75) is 65.0 Å². The highest BCUT2D eigenvalue weighted by atomic mass is 16.2. The van der Waals surface area contributed by atoms with Gasteiger partial charge in [-0.15, -0.1) is 0 Å². The average Bonchev–Trinajstić information content (AvgIpc) is 3.38. The summed E-state index contributed by atoms with van der Waals surface area (Å²) in [5.74, 6) is -2.40. The molecular formula is C27H39N7O6. The first-order chi connectivity index (χ1) is 19.1. The van der Waals surface area contributed by atoms with Crippen LogP contribution in [0.3, 0.4) is 0 Å². The lowest BCUT2D eigenvalue weighted by Gasteiger charge is -2.19. The van der Waals surface area contributed by atoms with Gasteiger partial charge in [0, 0.05) is 33.3 Å². The van der Waals surface area contributed by atoms with Gasteiger partial charge in [-0.3, -0.25) is 28.8 Å². The van der Waals surface area contributed by atoms with Crippen molar-refractivity contribution in [1.29, 1.82) is 0 Å². The lowest BCUT2D eigenvalue weighted by molar-refractivity contribution is -0.137. The molecule has 13 heteroatoms. The maximum atomic E-state index is 13.2. The molecule has 0 aromatic carbocycles. The summed E-state index contributed by atoms with van der Waals surface area (Å²) < 4.78 is 2.70. The van der Waals surface area contributed by atoms with E-state index in [0.29, 0.717) is 25.3 Å². The number of hydrogen-bond acceptors (Lipinski definition) is 7. The number of ketones is 1. The number of pyridine rings is 1. The molecule has 13 nitrogen and oxygen atoms in total. The van der Waals surface area contributed by atoms with Crippen LogP contribution in [-0.4, -0.2) is 63.2 Å². The molecule has 2 aromatic rings. The van der Waals surface area contributed by atoms with Crippen LogP contribution in [0.25, 0.3) is 0 Å². The van der Waals surface area contributed by atoms with Crippen molar-refractivity contribution in [3.8, 4) is 0 Å². The first-order valence-corrected chi connectivity index (χ1v) is 13.4. The smallest absolute Gasteiger partial charge is 0.287 e. The van der Waals surface area contributed by atoms with E-state index in [1.807, 2.05) is 13.8 Å². The van der Waals surface area contributed by atoms with Crippen molar-refractivity contribution in [1.82, 2.24) is 30.1 Å². The third kappa shape index (κ3) is 9.47. The second-order valence-corrected chi connectivity index (χ2v) is 9.49. The Morgan fingerprint density at radius 2 is 1.80 bits per heavy atom. The number of Topliss-reactive ketones (excluding diaryl/α,β-unsaturated/α-hetero) is 1. The molecule has 4 N–H and O–H groups in total. The summed E-state index contributed by atoms with van der Waals surface area (Å²) in [5, 5.41) is 10.3. The van der Waals surface area contributed by atoms with Crippen LogP contribution in [0.1, 0.15) is 62.9 Å². The minimum absolute atomic E-state index is 0.00753. The average molecular weight is 558 g/mol. The molecule has 0 saturated heterocycles. The molecule has 4 amide bonds. The van der Waals surface area contributed by atoms with Crippen LogP contribution in [0, 0.1) is 5.92 Å². The fourth-order valence-electron chi connectivity index (χ4n) is 3.99. The number of carbonyl (C=O) groups is 5. The summed E-state index contributed by atoms with van der Waals surface area (Å²) in [4.78, 5) is 78.5. The van der Waals surface area contributed by atoms with Crippen molar-refractivity contribution in [2.24, 2.45) is 13.0 Å². The lowest BCUT2D eigenvalue weighted by atomic mass is 10.0. The molecule has 2 rings (SSSR count). The summed E-state index contributed by atoms with van der Waals surface area (Å²) in [5.41, 5.74) is -0.384. The molecule has 0 radical (unpaired) electrons. The monoisotopic (exact) mass is 557 g/mol. The Morgan fingerprint density at radius 3 is 2.42 bits per heavy atom. The molecule has 0 bridgehead atoms. The van der Waals surface area contributed by atoms with Gasteiger partial charge in [0.15, 0.2) is 0 Å². The number of hydrogen-bond donors (Lipinski definition) is 4. The molecule has 0 aliphatic rings. The van der Waals surface area contributed by atoms with Gasteiger partial charge < -0.3 is 30.4 Å². The maximum Gasteiger partial charge on any atom is 0.287 e. The Kier molecular flexibility index (Phi) is 12.7. The van der Waals surface area contributed by atoms with Gasteiger partial charge >= 0.3 is 0 Å². The van der Waals surface area contributed by atoms with E-state index < -0.39 is 35.1 Å². The van der Waals surface area contributed by atoms with Gasteiger partial charge in [0.05, 0.1) is 12.5 Å². The summed E-state index contributed by atoms with van der Waals surface area (Å²) in [7, 11) is 3.00. The third-order valence-corrected chi connectivity index (χ3v) is 6.63. The zero-order chi connectivity index (χ0) is 29.7. The van der Waals surface area contributed by atoms with Crippen LogP contribution >= 0.6 is 0 Å². The van der Waals surface area contributed by atoms with Crippen molar-refractivity contribution in [3.63, 3.8) is 0 Å². The number of unbranched alkanes of at least 4 members (excludes halogenated alkanes) is 1. The van der Waals surface area contributed by atoms with Gasteiger partial charge in [-0.25, -0.2) is 4.98 Å². The number of aromatic nitrogens is 3. The molecule has 2 aromatic heterocycles. The molecule has 0 fully saturated rings. The fraction of sp³-hybridized carbons (Fsp3) is 0.519. The van der Waals surface area contributed by atoms with E-state index in [1.54, 1.807) is 13.1 Å². The van der Waals surface area contributed by atoms with Crippen molar-refractivity contribution in [2.75, 3.05) is 18.9 Å². The normalized spacial score (nSPS) is 11.5. The highest BCUT2D eigenvalue weighted by molar-refractivity contribution is 6.36. The van der Waals surface area contributed by atoms with Gasteiger partial charge in [-0.2, -0.15) is 0 Å². The van der Waals surface area contributed by atoms with Gasteiger partial charge in [0.1, 0.15) is 24.0 Å². The first kappa shape index (κ1) is 31.9. The summed E-state index contributed by atoms with van der Waals surface area (Å²) in [6.45, 7) is 4.41. The highest BCUT2D eigenvalue weighted by Crippen LogP contribution is 2.10. The largest absolute Gasteiger partial charge is 0.354 e. The van der Waals surface area contributed by atoms with E-state index in [4.69, 9.17) is 0 Å². The Bertz CT molecular complexity index is 1250. The van der Waals surface area contributed by atoms with Crippen LogP contribution < -0.4 is 26.8 Å². The van der Waals surface area contributed by atoms with Crippen LogP contribution in [0.5, 0.6) is 0 Å². The summed E-state index contributed by atoms with van der Waals surface area (Å²) in [6.07, 6.45) is 6.94. The number of aryl methyl sites for hydroxylation is 1. The van der Waals surface area contributed by atoms with Crippen LogP contribution in [0.4, 0.5) is 5.69 Å². The van der Waals surface area contributed by atoms with Crippen LogP contribution in [0.2, 0.25) is 0 Å². The lowest BCUT2D eigenvalue weighted by Crippen LogP contribution is -2.45. The van der Waals surface area contributed by atoms with E-state index in [-0.39, 0.29) is 36.7 Å². The van der Waals surface area contributed by atoms with Gasteiger partial charge in [-0.05, 0) is 30.9 Å². The van der Waals surface area contributed by atoms with Gasteiger partial charge in [0.25, 0.3) is 17.4 Å². The number of carbonyl (C=O) groups excluding carboxylic acids is 5. The SMILES string of the molecule is CCC(CC)CNC(=O)Cn1cccc(NC(=O)[C@H](CCCCC(=O)C(=O)NC)NC(=O)c2cncn2C)c1=O. The summed E-state index contributed by atoms with van der Waals surface area (Å²) >= 11 is 0. The number of nitrogens with one attached hydrogen (secondary N) is 4. The molecule has 0 aliphatic heterocycles. The second kappa shape index (κ2) is 16.0. The number of likely N-dealkylation sites (N-methyl/N-ethyl adjacent to an activating group) is 1. The second-order valence-electron chi connectivity index (χ2n) is 9.49. The number of rotatable bonds is 16. The predicted octanol–water partition coefficient (Wildman–Crippen LogP) is 0.747. The van der Waals surface area contributed by atoms with Crippen molar-refractivity contribution >= 4 is 35.1 Å².